The van der Waals surface area contributed by atoms with Crippen LogP contribution in [0.3, 0.4) is 0 Å². The minimum absolute atomic E-state index is 0.318. The Morgan fingerprint density at radius 3 is 2.46 bits per heavy atom. The van der Waals surface area contributed by atoms with Crippen molar-refractivity contribution in [3.05, 3.63) is 53.1 Å². The normalized spacial score (nSPS) is 15.0. The first kappa shape index (κ1) is 17.6. The lowest BCUT2D eigenvalue weighted by Gasteiger charge is -2.15. The molecule has 2 aromatic rings. The number of hydrogen-bond acceptors (Lipinski definition) is 7. The molecule has 0 saturated carbocycles. The van der Waals surface area contributed by atoms with E-state index in [1.807, 2.05) is 0 Å². The van der Waals surface area contributed by atoms with Gasteiger partial charge in [-0.25, -0.2) is 9.59 Å². The zero-order valence-corrected chi connectivity index (χ0v) is 14.7. The molecule has 1 N–H and O–H groups in total. The van der Waals surface area contributed by atoms with Gasteiger partial charge in [0.05, 0.1) is 26.4 Å². The number of methoxy groups -OCH3 is 2. The van der Waals surface area contributed by atoms with E-state index in [9.17, 15) is 9.59 Å². The lowest BCUT2D eigenvalue weighted by atomic mass is 10.1. The summed E-state index contributed by atoms with van der Waals surface area (Å²) in [5.74, 6) is -0.0653. The zero-order valence-electron chi connectivity index (χ0n) is 14.7. The van der Waals surface area contributed by atoms with Crippen LogP contribution >= 0.6 is 0 Å². The molecule has 0 aromatic heterocycles. The number of hydrogen-bond donors (Lipinski definition) is 1. The van der Waals surface area contributed by atoms with Crippen LogP contribution in [0.25, 0.3) is 0 Å². The van der Waals surface area contributed by atoms with Gasteiger partial charge in [0.1, 0.15) is 5.56 Å². The van der Waals surface area contributed by atoms with Crippen LogP contribution in [0, 0.1) is 0 Å². The van der Waals surface area contributed by atoms with Crippen molar-refractivity contribution in [1.82, 2.24) is 0 Å². The molecule has 0 bridgehead atoms. The first-order valence-electron chi connectivity index (χ1n) is 8.08. The Morgan fingerprint density at radius 1 is 1.12 bits per heavy atom. The number of benzene rings is 2. The Hall–Kier alpha value is -3.22. The van der Waals surface area contributed by atoms with Gasteiger partial charge in [-0.2, -0.15) is 0 Å². The van der Waals surface area contributed by atoms with Crippen molar-refractivity contribution in [1.29, 1.82) is 0 Å². The molecule has 2 aromatic carbocycles. The standard InChI is InChI=1S/C19H19NO6/c1-4-25-18(21)11-5-7-12(8-6-11)20-17-13-9-10-14(23-2)16(24-3)15(13)19(22)26-17/h5-10,17,20H,4H2,1-3H3/t17-/m0/s1. The largest absolute Gasteiger partial charge is 0.493 e. The molecule has 0 radical (unpaired) electrons. The highest BCUT2D eigenvalue weighted by Crippen LogP contribution is 2.42. The topological polar surface area (TPSA) is 83.1 Å². The predicted octanol–water partition coefficient (Wildman–Crippen LogP) is 3.16. The van der Waals surface area contributed by atoms with Gasteiger partial charge in [-0.15, -0.1) is 0 Å². The van der Waals surface area contributed by atoms with E-state index >= 15 is 0 Å². The number of rotatable bonds is 6. The van der Waals surface area contributed by atoms with Gasteiger partial charge in [-0.05, 0) is 43.3 Å². The van der Waals surface area contributed by atoms with E-state index in [4.69, 9.17) is 18.9 Å². The van der Waals surface area contributed by atoms with Gasteiger partial charge < -0.3 is 24.3 Å². The van der Waals surface area contributed by atoms with Crippen LogP contribution in [0.1, 0.15) is 39.4 Å². The average Bonchev–Trinajstić information content (AvgIpc) is 2.97. The van der Waals surface area contributed by atoms with Gasteiger partial charge in [-0.3, -0.25) is 0 Å². The second kappa shape index (κ2) is 7.35. The molecule has 0 fully saturated rings. The van der Waals surface area contributed by atoms with E-state index in [1.165, 1.54) is 14.2 Å². The summed E-state index contributed by atoms with van der Waals surface area (Å²) in [5, 5.41) is 3.12. The Bertz CT molecular complexity index is 831. The van der Waals surface area contributed by atoms with Gasteiger partial charge >= 0.3 is 11.9 Å². The highest BCUT2D eigenvalue weighted by atomic mass is 16.6. The molecular weight excluding hydrogens is 338 g/mol. The molecule has 0 unspecified atom stereocenters. The first-order chi connectivity index (χ1) is 12.6. The fourth-order valence-corrected chi connectivity index (χ4v) is 2.78. The Morgan fingerprint density at radius 2 is 1.85 bits per heavy atom. The summed E-state index contributed by atoms with van der Waals surface area (Å²) < 4.78 is 20.9. The summed E-state index contributed by atoms with van der Waals surface area (Å²) >= 11 is 0. The summed E-state index contributed by atoms with van der Waals surface area (Å²) in [5.41, 5.74) is 2.14. The van der Waals surface area contributed by atoms with E-state index < -0.39 is 12.2 Å². The highest BCUT2D eigenvalue weighted by Gasteiger charge is 2.35. The van der Waals surface area contributed by atoms with Crippen LogP contribution < -0.4 is 14.8 Å². The number of anilines is 1. The van der Waals surface area contributed by atoms with Crippen LogP contribution in [0.15, 0.2) is 36.4 Å². The lowest BCUT2D eigenvalue weighted by Crippen LogP contribution is -2.10. The van der Waals surface area contributed by atoms with E-state index in [-0.39, 0.29) is 5.97 Å². The van der Waals surface area contributed by atoms with Crippen molar-refractivity contribution >= 4 is 17.6 Å². The van der Waals surface area contributed by atoms with Crippen molar-refractivity contribution in [2.24, 2.45) is 0 Å². The molecular formula is C19H19NO6. The third-order valence-electron chi connectivity index (χ3n) is 3.98. The lowest BCUT2D eigenvalue weighted by molar-refractivity contribution is 0.0434. The second-order valence-electron chi connectivity index (χ2n) is 5.49. The zero-order chi connectivity index (χ0) is 18.7. The number of nitrogens with one attached hydrogen (secondary N) is 1. The fraction of sp³-hybridized carbons (Fsp3) is 0.263. The maximum atomic E-state index is 12.3. The predicted molar refractivity (Wildman–Crippen MR) is 93.7 cm³/mol. The third-order valence-corrected chi connectivity index (χ3v) is 3.98. The van der Waals surface area contributed by atoms with Crippen molar-refractivity contribution < 1.29 is 28.5 Å². The highest BCUT2D eigenvalue weighted by molar-refractivity contribution is 5.98. The van der Waals surface area contributed by atoms with E-state index in [0.717, 1.165) is 0 Å². The Kier molecular flexibility index (Phi) is 4.97. The summed E-state index contributed by atoms with van der Waals surface area (Å²) in [6.07, 6.45) is -0.661. The summed E-state index contributed by atoms with van der Waals surface area (Å²) in [6, 6.07) is 10.2. The monoisotopic (exact) mass is 357 g/mol. The number of esters is 2. The summed E-state index contributed by atoms with van der Waals surface area (Å²) in [4.78, 5) is 24.0. The smallest absolute Gasteiger partial charge is 0.344 e. The van der Waals surface area contributed by atoms with Crippen LogP contribution in [0.4, 0.5) is 5.69 Å². The fourth-order valence-electron chi connectivity index (χ4n) is 2.78. The van der Waals surface area contributed by atoms with Crippen LogP contribution in [-0.4, -0.2) is 32.8 Å². The average molecular weight is 357 g/mol. The van der Waals surface area contributed by atoms with Crippen molar-refractivity contribution in [2.45, 2.75) is 13.2 Å². The van der Waals surface area contributed by atoms with Crippen molar-refractivity contribution in [3.8, 4) is 11.5 Å². The molecule has 1 aliphatic heterocycles. The molecule has 7 heteroatoms. The minimum Gasteiger partial charge on any atom is -0.493 e. The molecule has 3 rings (SSSR count). The minimum atomic E-state index is -0.661. The number of carbonyl (C=O) groups is 2. The summed E-state index contributed by atoms with van der Waals surface area (Å²) in [6.45, 7) is 2.07. The molecule has 1 aliphatic rings. The van der Waals surface area contributed by atoms with Crippen molar-refractivity contribution in [3.63, 3.8) is 0 Å². The van der Waals surface area contributed by atoms with E-state index in [1.54, 1.807) is 43.3 Å². The number of ether oxygens (including phenoxy) is 4. The van der Waals surface area contributed by atoms with Crippen LogP contribution in [0.2, 0.25) is 0 Å². The maximum absolute atomic E-state index is 12.3. The quantitative estimate of drug-likeness (QED) is 0.795. The van der Waals surface area contributed by atoms with Gasteiger partial charge in [0.25, 0.3) is 0 Å². The second-order valence-corrected chi connectivity index (χ2v) is 5.49. The van der Waals surface area contributed by atoms with Gasteiger partial charge in [0.15, 0.2) is 11.5 Å². The molecule has 1 heterocycles. The van der Waals surface area contributed by atoms with Crippen LogP contribution in [-0.2, 0) is 9.47 Å². The summed E-state index contributed by atoms with van der Waals surface area (Å²) in [7, 11) is 2.98. The third kappa shape index (κ3) is 3.15. The maximum Gasteiger partial charge on any atom is 0.344 e. The van der Waals surface area contributed by atoms with E-state index in [2.05, 4.69) is 5.32 Å². The van der Waals surface area contributed by atoms with E-state index in [0.29, 0.717) is 40.5 Å². The molecule has 1 atom stereocenters. The number of carbonyl (C=O) groups excluding carboxylic acids is 2. The molecule has 7 nitrogen and oxygen atoms in total. The molecule has 0 amide bonds. The first-order valence-corrected chi connectivity index (χ1v) is 8.08. The van der Waals surface area contributed by atoms with Gasteiger partial charge in [0, 0.05) is 11.3 Å². The molecule has 0 aliphatic carbocycles. The molecule has 26 heavy (non-hydrogen) atoms. The van der Waals surface area contributed by atoms with Gasteiger partial charge in [-0.1, -0.05) is 0 Å². The SMILES string of the molecule is CCOC(=O)c1ccc(N[C@H]2OC(=O)c3c2ccc(OC)c3OC)cc1. The van der Waals surface area contributed by atoms with Gasteiger partial charge in [0.2, 0.25) is 6.23 Å². The Labute approximate surface area is 150 Å². The molecule has 136 valence electrons. The van der Waals surface area contributed by atoms with Crippen LogP contribution in [0.5, 0.6) is 11.5 Å². The van der Waals surface area contributed by atoms with Crippen molar-refractivity contribution in [2.75, 3.05) is 26.1 Å². The Balaban J connectivity index is 1.83. The molecule has 0 spiro atoms. The number of fused-ring (bicyclic) bond motifs is 1. The molecule has 0 saturated heterocycles. The number of cyclic esters (lactones) is 1.